The van der Waals surface area contributed by atoms with Gasteiger partial charge in [0, 0.05) is 11.9 Å². The van der Waals surface area contributed by atoms with Crippen LogP contribution in [0.3, 0.4) is 0 Å². The Morgan fingerprint density at radius 1 is 1.17 bits per heavy atom. The molecule has 2 aromatic rings. The Morgan fingerprint density at radius 2 is 1.97 bits per heavy atom. The molecule has 1 aliphatic carbocycles. The van der Waals surface area contributed by atoms with Crippen molar-refractivity contribution in [3.63, 3.8) is 0 Å². The maximum absolute atomic E-state index is 13.0. The van der Waals surface area contributed by atoms with Crippen molar-refractivity contribution in [2.75, 3.05) is 24.7 Å². The number of allylic oxidation sites excluding steroid dienone is 6. The summed E-state index contributed by atoms with van der Waals surface area (Å²) in [6.07, 6.45) is 11.5. The molecular weight excluding hydrogens is 438 g/mol. The molecule has 178 valence electrons. The normalized spacial score (nSPS) is 20.1. The summed E-state index contributed by atoms with van der Waals surface area (Å²) in [7, 11) is 0. The zero-order chi connectivity index (χ0) is 25.0. The van der Waals surface area contributed by atoms with Crippen LogP contribution in [-0.4, -0.2) is 25.8 Å². The first-order valence-corrected chi connectivity index (χ1v) is 11.8. The van der Waals surface area contributed by atoms with Gasteiger partial charge in [0.05, 0.1) is 19.3 Å². The van der Waals surface area contributed by atoms with Gasteiger partial charge in [0.15, 0.2) is 0 Å². The van der Waals surface area contributed by atoms with Gasteiger partial charge in [-0.3, -0.25) is 0 Å². The van der Waals surface area contributed by atoms with Gasteiger partial charge < -0.3 is 14.1 Å². The smallest absolute Gasteiger partial charge is 0.360 e. The Hall–Kier alpha value is -3.87. The Morgan fingerprint density at radius 3 is 2.71 bits per heavy atom. The van der Waals surface area contributed by atoms with E-state index in [-0.39, 0.29) is 22.7 Å². The number of fused-ring (bicyclic) bond motifs is 1. The van der Waals surface area contributed by atoms with E-state index in [0.717, 1.165) is 28.5 Å². The van der Waals surface area contributed by atoms with E-state index in [0.29, 0.717) is 37.4 Å². The highest BCUT2D eigenvalue weighted by Crippen LogP contribution is 2.39. The van der Waals surface area contributed by atoms with Gasteiger partial charge in [-0.05, 0) is 54.0 Å². The molecule has 2 aliphatic rings. The third-order valence-electron chi connectivity index (χ3n) is 6.36. The molecule has 35 heavy (non-hydrogen) atoms. The number of hydrogen-bond donors (Lipinski definition) is 0. The van der Waals surface area contributed by atoms with Crippen LogP contribution in [0.4, 0.5) is 5.69 Å². The number of morpholine rings is 1. The van der Waals surface area contributed by atoms with Crippen molar-refractivity contribution in [3.8, 4) is 12.1 Å². The van der Waals surface area contributed by atoms with Crippen LogP contribution in [0.15, 0.2) is 74.5 Å². The molecule has 1 aromatic heterocycles. The van der Waals surface area contributed by atoms with E-state index in [9.17, 15) is 15.3 Å². The number of hydrogen-bond acceptors (Lipinski definition) is 6. The highest BCUT2D eigenvalue weighted by molar-refractivity contribution is 5.82. The molecule has 6 nitrogen and oxygen atoms in total. The summed E-state index contributed by atoms with van der Waals surface area (Å²) in [5, 5.41) is 19.5. The molecule has 1 aliphatic heterocycles. The Labute approximate surface area is 205 Å². The fourth-order valence-electron chi connectivity index (χ4n) is 4.82. The third kappa shape index (κ3) is 5.45. The monoisotopic (exact) mass is 467 g/mol. The van der Waals surface area contributed by atoms with Crippen molar-refractivity contribution in [3.05, 3.63) is 81.3 Å². The lowest BCUT2D eigenvalue weighted by Crippen LogP contribution is -2.46. The van der Waals surface area contributed by atoms with Crippen molar-refractivity contribution < 1.29 is 9.15 Å². The first-order chi connectivity index (χ1) is 16.8. The Balaban J connectivity index is 1.66. The molecule has 0 radical (unpaired) electrons. The van der Waals surface area contributed by atoms with Crippen LogP contribution in [0.5, 0.6) is 0 Å². The van der Waals surface area contributed by atoms with Crippen LogP contribution in [0.2, 0.25) is 0 Å². The second-order valence-electron chi connectivity index (χ2n) is 9.77. The van der Waals surface area contributed by atoms with Crippen molar-refractivity contribution in [2.45, 2.75) is 39.7 Å². The molecule has 4 rings (SSSR count). The summed E-state index contributed by atoms with van der Waals surface area (Å²) in [5.41, 5.74) is 3.62. The highest BCUT2D eigenvalue weighted by Gasteiger charge is 2.28. The predicted molar refractivity (Wildman–Crippen MR) is 138 cm³/mol. The fourth-order valence-corrected chi connectivity index (χ4v) is 4.82. The fraction of sp³-hybridized carbons (Fsp3) is 0.345. The minimum absolute atomic E-state index is 0.0588. The maximum Gasteiger partial charge on any atom is 0.360 e. The third-order valence-corrected chi connectivity index (χ3v) is 6.36. The summed E-state index contributed by atoms with van der Waals surface area (Å²) in [4.78, 5) is 15.0. The van der Waals surface area contributed by atoms with Crippen LogP contribution in [0.25, 0.3) is 17.0 Å². The second kappa shape index (κ2) is 10.2. The summed E-state index contributed by atoms with van der Waals surface area (Å²) in [6.45, 7) is 7.78. The molecule has 1 unspecified atom stereocenters. The van der Waals surface area contributed by atoms with Gasteiger partial charge >= 0.3 is 5.63 Å². The van der Waals surface area contributed by atoms with Gasteiger partial charge in [-0.25, -0.2) is 4.79 Å². The average Bonchev–Trinajstić information content (AvgIpc) is 2.83. The van der Waals surface area contributed by atoms with Gasteiger partial charge in [0.25, 0.3) is 0 Å². The lowest BCUT2D eigenvalue weighted by atomic mass is 9.74. The number of rotatable bonds is 4. The summed E-state index contributed by atoms with van der Waals surface area (Å²) in [5.74, 6) is 0. The van der Waals surface area contributed by atoms with E-state index in [1.54, 1.807) is 0 Å². The zero-order valence-corrected chi connectivity index (χ0v) is 20.4. The largest absolute Gasteiger partial charge is 0.421 e. The van der Waals surface area contributed by atoms with E-state index in [1.807, 2.05) is 78.6 Å². The van der Waals surface area contributed by atoms with Gasteiger partial charge in [0.1, 0.15) is 29.0 Å². The van der Waals surface area contributed by atoms with Crippen LogP contribution in [0, 0.1) is 28.1 Å². The van der Waals surface area contributed by atoms with E-state index in [1.165, 1.54) is 0 Å². The first kappa shape index (κ1) is 24.3. The molecule has 0 N–H and O–H groups in total. The molecule has 6 heteroatoms. The molecule has 1 atom stereocenters. The molecule has 0 spiro atoms. The lowest BCUT2D eigenvalue weighted by molar-refractivity contribution is 0.105. The van der Waals surface area contributed by atoms with Crippen molar-refractivity contribution >= 4 is 22.7 Å². The molecule has 1 saturated heterocycles. The van der Waals surface area contributed by atoms with Crippen LogP contribution < -0.4 is 10.5 Å². The molecule has 0 bridgehead atoms. The SMILES string of the molecule is C/C=C/c1ccc2cc(N3CCOCC3/C=C/C3=CC(=C(C#N)C#N)CC(C)(C)C3)c(=O)oc2c1. The minimum Gasteiger partial charge on any atom is -0.421 e. The molecule has 0 amide bonds. The van der Waals surface area contributed by atoms with Crippen LogP contribution >= 0.6 is 0 Å². The summed E-state index contributed by atoms with van der Waals surface area (Å²) in [6, 6.07) is 11.6. The quantitative estimate of drug-likeness (QED) is 0.425. The number of ether oxygens (including phenoxy) is 1. The Bertz CT molecular complexity index is 1380. The first-order valence-electron chi connectivity index (χ1n) is 11.8. The van der Waals surface area contributed by atoms with Gasteiger partial charge in [-0.2, -0.15) is 10.5 Å². The minimum atomic E-state index is -0.369. The van der Waals surface area contributed by atoms with Gasteiger partial charge in [0.2, 0.25) is 0 Å². The standard InChI is InChI=1S/C29H29N3O3/c1-4-5-20-6-8-22-14-26(28(33)35-27(22)13-20)32-10-11-34-19-25(32)9-7-21-12-23(24(17-30)18-31)16-29(2,3)15-21/h4-9,12-14,25H,10-11,15-16,19H2,1-3H3/b5-4+,9-7+. The number of nitriles is 2. The van der Waals surface area contributed by atoms with Crippen LogP contribution in [-0.2, 0) is 4.74 Å². The van der Waals surface area contributed by atoms with Crippen molar-refractivity contribution in [1.82, 2.24) is 0 Å². The maximum atomic E-state index is 13.0. The summed E-state index contributed by atoms with van der Waals surface area (Å²) >= 11 is 0. The summed E-state index contributed by atoms with van der Waals surface area (Å²) < 4.78 is 11.4. The number of nitrogens with zero attached hydrogens (tertiary/aromatic N) is 3. The van der Waals surface area contributed by atoms with Gasteiger partial charge in [-0.1, -0.05) is 56.4 Å². The number of benzene rings is 1. The van der Waals surface area contributed by atoms with Crippen molar-refractivity contribution in [1.29, 1.82) is 10.5 Å². The molecule has 2 heterocycles. The second-order valence-corrected chi connectivity index (χ2v) is 9.77. The molecule has 1 aromatic carbocycles. The number of anilines is 1. The van der Waals surface area contributed by atoms with Crippen molar-refractivity contribution in [2.24, 2.45) is 5.41 Å². The molecule has 1 fully saturated rings. The topological polar surface area (TPSA) is 90.3 Å². The van der Waals surface area contributed by atoms with E-state index in [4.69, 9.17) is 9.15 Å². The highest BCUT2D eigenvalue weighted by atomic mass is 16.5. The van der Waals surface area contributed by atoms with Gasteiger partial charge in [-0.15, -0.1) is 0 Å². The molecular formula is C29H29N3O3. The van der Waals surface area contributed by atoms with E-state index < -0.39 is 0 Å². The average molecular weight is 468 g/mol. The van der Waals surface area contributed by atoms with Crippen LogP contribution in [0.1, 0.15) is 39.2 Å². The predicted octanol–water partition coefficient (Wildman–Crippen LogP) is 5.68. The molecule has 0 saturated carbocycles. The van der Waals surface area contributed by atoms with E-state index >= 15 is 0 Å². The zero-order valence-electron chi connectivity index (χ0n) is 20.4. The Kier molecular flexibility index (Phi) is 7.05. The lowest BCUT2D eigenvalue weighted by Gasteiger charge is -2.35. The van der Waals surface area contributed by atoms with E-state index in [2.05, 4.69) is 13.8 Å².